The lowest BCUT2D eigenvalue weighted by molar-refractivity contribution is -0.138. The van der Waals surface area contributed by atoms with Gasteiger partial charge in [0.25, 0.3) is 0 Å². The highest BCUT2D eigenvalue weighted by Gasteiger charge is 2.45. The van der Waals surface area contributed by atoms with Gasteiger partial charge < -0.3 is 36.7 Å². The van der Waals surface area contributed by atoms with E-state index in [1.807, 2.05) is 0 Å². The molecule has 0 amide bonds. The standard InChI is InChI=1S/C82H122O12S4Si6/c1-57(2)103(58(3)4,59(5)6)51-49-63(77-95-69(73(83)87-25)70(96-77)74(84)88-26)43-37-39-45-65(53-91-99(29,30)79(13,14)15)67(55-93-101(33,34)81(19,20)21)47-41-42-48-68(56-94-102(35,36)82(22,23)24)66(54-92-100(31,32)80(16,17)18)46-40-38-44-64(50-52-104(60(7)8,61(9)10)62(11)12)78-97-71(75(85)89-27)72(98-78)76(86)90-28/h57-62H,53-56H2,1-36H3/b67-65-,68-66-. The van der Waals surface area contributed by atoms with E-state index < -0.39 is 73.3 Å². The number of carbonyl (C=O) groups excluding carboxylic acids is 4. The van der Waals surface area contributed by atoms with Gasteiger partial charge in [-0.25, -0.2) is 19.2 Å². The molecule has 0 bridgehead atoms. The molecule has 12 nitrogen and oxygen atoms in total. The first-order valence-corrected chi connectivity index (χ1v) is 55.1. The second kappa shape index (κ2) is 39.6. The number of ether oxygens (including phenoxy) is 4. The van der Waals surface area contributed by atoms with Gasteiger partial charge in [0, 0.05) is 22.3 Å². The van der Waals surface area contributed by atoms with Crippen molar-refractivity contribution in [1.82, 2.24) is 0 Å². The Morgan fingerprint density at radius 2 is 0.481 bits per heavy atom. The molecule has 0 spiro atoms. The molecule has 0 fully saturated rings. The summed E-state index contributed by atoms with van der Waals surface area (Å²) in [6.07, 6.45) is 0. The Labute approximate surface area is 653 Å². The summed E-state index contributed by atoms with van der Waals surface area (Å²) in [5.74, 6) is 43.8. The SMILES string of the molecule is COC(=O)C1=C(C(=O)OC)SC(=C(C#CC#C/C(CO[Si](C)(C)C(C)(C)C)=C(\C#CC#C/C(CO[Si](C)(C)C(C)(C)C)=C(\C#CC#CC(C#C[Si](C(C)C)(C(C)C)C(C)C)=C2SC(C(=O)OC)=C(C(=O)OC)S2)CO[Si](C)(C)C(C)(C)C)CO[Si](C)(C)C(C)(C)C)C#C[Si](C(C)C)(C(C)C)C(C)C)S1. The molecule has 0 unspecified atom stereocenters. The monoisotopic (exact) mass is 1590 g/mol. The minimum Gasteiger partial charge on any atom is -0.465 e. The summed E-state index contributed by atoms with van der Waals surface area (Å²) in [6.45, 7) is 71.2. The van der Waals surface area contributed by atoms with Gasteiger partial charge in [-0.3, -0.25) is 0 Å². The summed E-state index contributed by atoms with van der Waals surface area (Å²) in [5, 5.41) is -0.611. The Hall–Kier alpha value is -4.66. The van der Waals surface area contributed by atoms with Gasteiger partial charge in [-0.2, -0.15) is 0 Å². The van der Waals surface area contributed by atoms with Crippen LogP contribution in [0.1, 0.15) is 166 Å². The number of rotatable bonds is 22. The molecule has 570 valence electrons. The highest BCUT2D eigenvalue weighted by Crippen LogP contribution is 2.53. The Morgan fingerprint density at radius 3 is 0.635 bits per heavy atom. The third-order valence-corrected chi connectivity index (χ3v) is 56.9. The molecular weight excluding hydrogens is 1470 g/mol. The summed E-state index contributed by atoms with van der Waals surface area (Å²) >= 11 is 4.38. The van der Waals surface area contributed by atoms with Crippen LogP contribution in [0.2, 0.25) is 106 Å². The third kappa shape index (κ3) is 25.5. The highest BCUT2D eigenvalue weighted by atomic mass is 32.2. The lowest BCUT2D eigenvalue weighted by atomic mass is 10.1. The van der Waals surface area contributed by atoms with Crippen LogP contribution in [0.15, 0.2) is 61.5 Å². The molecular formula is C82H122O12S4Si6. The fraction of sp³-hybridized carbons (Fsp3) is 0.610. The van der Waals surface area contributed by atoms with Crippen LogP contribution in [0.4, 0.5) is 0 Å². The predicted octanol–water partition coefficient (Wildman–Crippen LogP) is 20.6. The van der Waals surface area contributed by atoms with Gasteiger partial charge in [0.1, 0.15) is 35.8 Å². The van der Waals surface area contributed by atoms with Crippen molar-refractivity contribution in [2.75, 3.05) is 54.9 Å². The first-order chi connectivity index (χ1) is 47.6. The van der Waals surface area contributed by atoms with Gasteiger partial charge in [-0.1, -0.05) is 249 Å². The van der Waals surface area contributed by atoms with Crippen LogP contribution in [0.3, 0.4) is 0 Å². The number of methoxy groups -OCH3 is 4. The van der Waals surface area contributed by atoms with E-state index in [-0.39, 0.29) is 66.2 Å². The van der Waals surface area contributed by atoms with Crippen molar-refractivity contribution in [3.8, 4) is 94.0 Å². The van der Waals surface area contributed by atoms with Crippen molar-refractivity contribution in [2.45, 2.75) is 272 Å². The lowest BCUT2D eigenvalue weighted by Gasteiger charge is -2.38. The van der Waals surface area contributed by atoms with Gasteiger partial charge in [-0.05, 0) is 153 Å². The van der Waals surface area contributed by atoms with Crippen LogP contribution in [-0.4, -0.2) is 128 Å². The Bertz CT molecular complexity index is 3600. The fourth-order valence-corrected chi connectivity index (χ4v) is 29.4. The van der Waals surface area contributed by atoms with E-state index in [0.29, 0.717) is 75.2 Å². The smallest absolute Gasteiger partial charge is 0.346 e. The van der Waals surface area contributed by atoms with Gasteiger partial charge in [-0.15, -0.1) is 11.1 Å². The summed E-state index contributed by atoms with van der Waals surface area (Å²) in [6, 6.07) is 0. The number of hydrogen-bond acceptors (Lipinski definition) is 16. The van der Waals surface area contributed by atoms with Gasteiger partial charge in [0.2, 0.25) is 0 Å². The van der Waals surface area contributed by atoms with E-state index in [2.05, 4.69) is 313 Å². The van der Waals surface area contributed by atoms with E-state index >= 15 is 0 Å². The molecule has 2 rings (SSSR count). The second-order valence-electron chi connectivity index (χ2n) is 33.9. The van der Waals surface area contributed by atoms with Crippen LogP contribution >= 0.6 is 47.0 Å². The number of thioether (sulfide) groups is 4. The second-order valence-corrected chi connectivity index (χ2v) is 68.9. The van der Waals surface area contributed by atoms with E-state index in [0.717, 1.165) is 47.0 Å². The molecule has 0 saturated heterocycles. The maximum absolute atomic E-state index is 13.2. The molecule has 104 heavy (non-hydrogen) atoms. The van der Waals surface area contributed by atoms with E-state index in [1.54, 1.807) is 0 Å². The topological polar surface area (TPSA) is 142 Å². The summed E-state index contributed by atoms with van der Waals surface area (Å²) in [5.41, 5.74) is 12.7. The maximum atomic E-state index is 13.2. The van der Waals surface area contributed by atoms with Crippen molar-refractivity contribution in [3.63, 3.8) is 0 Å². The van der Waals surface area contributed by atoms with Crippen LogP contribution < -0.4 is 0 Å². The van der Waals surface area contributed by atoms with Crippen LogP contribution in [0, 0.1) is 94.0 Å². The largest absolute Gasteiger partial charge is 0.465 e. The van der Waals surface area contributed by atoms with Gasteiger partial charge in [0.05, 0.1) is 74.5 Å². The summed E-state index contributed by atoms with van der Waals surface area (Å²) in [4.78, 5) is 53.3. The average Bonchev–Trinajstić information content (AvgIpc) is 1.81. The van der Waals surface area contributed by atoms with Crippen molar-refractivity contribution in [1.29, 1.82) is 0 Å². The van der Waals surface area contributed by atoms with E-state index in [1.165, 1.54) is 28.4 Å². The van der Waals surface area contributed by atoms with E-state index in [9.17, 15) is 19.2 Å². The molecule has 0 N–H and O–H groups in total. The third-order valence-electron chi connectivity index (χ3n) is 21.3. The molecule has 2 heterocycles. The summed E-state index contributed by atoms with van der Waals surface area (Å²) in [7, 11) is -9.31. The van der Waals surface area contributed by atoms with Gasteiger partial charge >= 0.3 is 23.9 Å². The number of esters is 4. The number of carbonyl (C=O) groups is 4. The molecule has 0 aliphatic carbocycles. The maximum Gasteiger partial charge on any atom is 0.346 e. The van der Waals surface area contributed by atoms with Gasteiger partial charge in [0.15, 0.2) is 33.3 Å². The van der Waals surface area contributed by atoms with Crippen molar-refractivity contribution >= 4 is 120 Å². The normalized spacial score (nSPS) is 14.6. The Kier molecular flexibility index (Phi) is 36.4. The minimum atomic E-state index is -2.44. The zero-order chi connectivity index (χ0) is 80.3. The molecule has 0 aromatic carbocycles. The Morgan fingerprint density at radius 1 is 0.308 bits per heavy atom. The first kappa shape index (κ1) is 95.4. The molecule has 0 atom stereocenters. The lowest BCUT2D eigenvalue weighted by Crippen LogP contribution is -2.43. The zero-order valence-corrected chi connectivity index (χ0v) is 79.1. The fourth-order valence-electron chi connectivity index (χ4n) is 10.5. The zero-order valence-electron chi connectivity index (χ0n) is 69.8. The molecule has 2 aliphatic heterocycles. The molecule has 22 heteroatoms. The van der Waals surface area contributed by atoms with Crippen molar-refractivity contribution in [3.05, 3.63) is 61.5 Å². The van der Waals surface area contributed by atoms with Crippen LogP contribution in [0.5, 0.6) is 0 Å². The average molecular weight is 1600 g/mol. The van der Waals surface area contributed by atoms with Crippen LogP contribution in [0.25, 0.3) is 0 Å². The molecule has 0 saturated carbocycles. The quantitative estimate of drug-likeness (QED) is 0.0439. The van der Waals surface area contributed by atoms with Crippen molar-refractivity contribution in [2.24, 2.45) is 0 Å². The summed E-state index contributed by atoms with van der Waals surface area (Å²) < 4.78 is 49.7. The molecule has 0 radical (unpaired) electrons. The number of hydrogen-bond donors (Lipinski definition) is 0. The predicted molar refractivity (Wildman–Crippen MR) is 457 cm³/mol. The number of allylic oxidation sites excluding steroid dienone is 2. The highest BCUT2D eigenvalue weighted by molar-refractivity contribution is 8.29. The van der Waals surface area contributed by atoms with Crippen molar-refractivity contribution < 1.29 is 55.8 Å². The minimum absolute atomic E-state index is 0.103. The first-order valence-electron chi connectivity index (χ1n) is 35.7. The Balaban J connectivity index is 3.57. The van der Waals surface area contributed by atoms with Crippen LogP contribution in [-0.2, 0) is 55.8 Å². The molecule has 2 aliphatic rings. The van der Waals surface area contributed by atoms with E-state index in [4.69, 9.17) is 36.7 Å². The molecule has 0 aromatic heterocycles. The molecule has 0 aromatic rings.